The van der Waals surface area contributed by atoms with Crippen LogP contribution < -0.4 is 9.47 Å². The van der Waals surface area contributed by atoms with Gasteiger partial charge in [-0.1, -0.05) is 5.16 Å². The third-order valence-electron chi connectivity index (χ3n) is 2.37. The van der Waals surface area contributed by atoms with Crippen LogP contribution in [0.4, 0.5) is 0 Å². The lowest BCUT2D eigenvalue weighted by atomic mass is 10.2. The molecule has 5 heteroatoms. The number of carbonyl (C=O) groups is 1. The van der Waals surface area contributed by atoms with Gasteiger partial charge in [0.1, 0.15) is 12.9 Å². The van der Waals surface area contributed by atoms with Gasteiger partial charge in [0.05, 0.1) is 12.8 Å². The summed E-state index contributed by atoms with van der Waals surface area (Å²) in [4.78, 5) is 10.7. The van der Waals surface area contributed by atoms with E-state index in [1.165, 1.54) is 0 Å². The lowest BCUT2D eigenvalue weighted by Gasteiger charge is -2.09. The first-order chi connectivity index (χ1) is 8.72. The number of nitrogens with zero attached hydrogens (tertiary/aromatic N) is 1. The van der Waals surface area contributed by atoms with E-state index in [1.54, 1.807) is 31.4 Å². The minimum absolute atomic E-state index is 0.236. The van der Waals surface area contributed by atoms with E-state index in [0.29, 0.717) is 22.8 Å². The second-order valence-electron chi connectivity index (χ2n) is 3.75. The van der Waals surface area contributed by atoms with Crippen molar-refractivity contribution in [3.63, 3.8) is 0 Å². The predicted octanol–water partition coefficient (Wildman–Crippen LogP) is 2.38. The fourth-order valence-corrected chi connectivity index (χ4v) is 1.51. The van der Waals surface area contributed by atoms with Crippen LogP contribution in [0.2, 0.25) is 0 Å². The molecule has 0 aliphatic heterocycles. The summed E-state index contributed by atoms with van der Waals surface area (Å²) in [6.07, 6.45) is 0.755. The Morgan fingerprint density at radius 1 is 1.33 bits per heavy atom. The van der Waals surface area contributed by atoms with Crippen molar-refractivity contribution in [2.75, 3.05) is 7.11 Å². The fraction of sp³-hybridized carbons (Fsp3) is 0.231. The summed E-state index contributed by atoms with van der Waals surface area (Å²) in [5, 5.41) is 3.76. The minimum Gasteiger partial charge on any atom is -0.493 e. The molecular weight excluding hydrogens is 234 g/mol. The Balaban J connectivity index is 2.14. The Morgan fingerprint density at radius 2 is 2.17 bits per heavy atom. The molecule has 0 fully saturated rings. The quantitative estimate of drug-likeness (QED) is 0.759. The molecule has 0 unspecified atom stereocenters. The number of methoxy groups -OCH3 is 1. The molecule has 18 heavy (non-hydrogen) atoms. The van der Waals surface area contributed by atoms with Crippen molar-refractivity contribution in [3.05, 3.63) is 41.3 Å². The van der Waals surface area contributed by atoms with Gasteiger partial charge in [0.15, 0.2) is 17.3 Å². The van der Waals surface area contributed by atoms with E-state index in [9.17, 15) is 4.79 Å². The van der Waals surface area contributed by atoms with Gasteiger partial charge in [-0.05, 0) is 25.1 Å². The maximum atomic E-state index is 10.7. The van der Waals surface area contributed by atoms with E-state index in [2.05, 4.69) is 5.16 Å². The summed E-state index contributed by atoms with van der Waals surface area (Å²) in [5.41, 5.74) is 1.32. The highest BCUT2D eigenvalue weighted by Gasteiger charge is 2.08. The highest BCUT2D eigenvalue weighted by Crippen LogP contribution is 2.28. The third-order valence-corrected chi connectivity index (χ3v) is 2.37. The number of aromatic nitrogens is 1. The lowest BCUT2D eigenvalue weighted by Crippen LogP contribution is -1.97. The van der Waals surface area contributed by atoms with Crippen molar-refractivity contribution in [2.24, 2.45) is 0 Å². The van der Waals surface area contributed by atoms with Gasteiger partial charge in [-0.3, -0.25) is 4.79 Å². The van der Waals surface area contributed by atoms with Crippen molar-refractivity contribution in [1.29, 1.82) is 0 Å². The van der Waals surface area contributed by atoms with E-state index in [4.69, 9.17) is 14.0 Å². The van der Waals surface area contributed by atoms with Gasteiger partial charge in [0.2, 0.25) is 0 Å². The Labute approximate surface area is 104 Å². The zero-order valence-corrected chi connectivity index (χ0v) is 10.2. The van der Waals surface area contributed by atoms with E-state index >= 15 is 0 Å². The molecule has 2 aromatic rings. The summed E-state index contributed by atoms with van der Waals surface area (Å²) >= 11 is 0. The number of carbonyl (C=O) groups excluding carboxylic acids is 1. The van der Waals surface area contributed by atoms with Gasteiger partial charge < -0.3 is 14.0 Å². The zero-order valence-electron chi connectivity index (χ0n) is 10.2. The molecule has 1 heterocycles. The highest BCUT2D eigenvalue weighted by atomic mass is 16.5. The molecule has 0 bridgehead atoms. The molecule has 0 N–H and O–H groups in total. The standard InChI is InChI=1S/C13H13NO4/c1-9-5-11(18-14-9)8-17-13-6-10(7-15)3-4-12(13)16-2/h3-7H,8H2,1-2H3. The molecular formula is C13H13NO4. The molecule has 94 valence electrons. The zero-order chi connectivity index (χ0) is 13.0. The fourth-order valence-electron chi connectivity index (χ4n) is 1.51. The van der Waals surface area contributed by atoms with Gasteiger partial charge in [0, 0.05) is 11.6 Å². The summed E-state index contributed by atoms with van der Waals surface area (Å²) in [6, 6.07) is 6.76. The van der Waals surface area contributed by atoms with Crippen LogP contribution in [-0.2, 0) is 6.61 Å². The van der Waals surface area contributed by atoms with E-state index < -0.39 is 0 Å². The van der Waals surface area contributed by atoms with Gasteiger partial charge in [-0.2, -0.15) is 0 Å². The second kappa shape index (κ2) is 5.35. The summed E-state index contributed by atoms with van der Waals surface area (Å²) in [5.74, 6) is 1.68. The molecule has 2 rings (SSSR count). The van der Waals surface area contributed by atoms with Crippen LogP contribution >= 0.6 is 0 Å². The molecule has 0 saturated heterocycles. The smallest absolute Gasteiger partial charge is 0.174 e. The Morgan fingerprint density at radius 3 is 2.78 bits per heavy atom. The van der Waals surface area contributed by atoms with E-state index in [1.807, 2.05) is 6.92 Å². The predicted molar refractivity (Wildman–Crippen MR) is 64.0 cm³/mol. The van der Waals surface area contributed by atoms with E-state index in [-0.39, 0.29) is 6.61 Å². The summed E-state index contributed by atoms with van der Waals surface area (Å²) < 4.78 is 15.7. The Kier molecular flexibility index (Phi) is 3.62. The number of hydrogen-bond donors (Lipinski definition) is 0. The van der Waals surface area contributed by atoms with Crippen LogP contribution in [0.5, 0.6) is 11.5 Å². The van der Waals surface area contributed by atoms with Crippen LogP contribution in [0.25, 0.3) is 0 Å². The van der Waals surface area contributed by atoms with Crippen LogP contribution in [-0.4, -0.2) is 18.6 Å². The topological polar surface area (TPSA) is 61.6 Å². The first-order valence-corrected chi connectivity index (χ1v) is 5.41. The largest absolute Gasteiger partial charge is 0.493 e. The van der Waals surface area contributed by atoms with Gasteiger partial charge in [0.25, 0.3) is 0 Å². The normalized spacial score (nSPS) is 10.1. The van der Waals surface area contributed by atoms with Crippen molar-refractivity contribution in [1.82, 2.24) is 5.16 Å². The van der Waals surface area contributed by atoms with Crippen LogP contribution in [0.1, 0.15) is 21.8 Å². The third kappa shape index (κ3) is 2.68. The molecule has 1 aromatic heterocycles. The van der Waals surface area contributed by atoms with Crippen molar-refractivity contribution in [3.8, 4) is 11.5 Å². The van der Waals surface area contributed by atoms with Crippen LogP contribution in [0.3, 0.4) is 0 Å². The lowest BCUT2D eigenvalue weighted by molar-refractivity contribution is 0.112. The number of ether oxygens (including phenoxy) is 2. The maximum Gasteiger partial charge on any atom is 0.174 e. The molecule has 1 aromatic carbocycles. The molecule has 0 amide bonds. The molecule has 5 nitrogen and oxygen atoms in total. The minimum atomic E-state index is 0.236. The van der Waals surface area contributed by atoms with Crippen LogP contribution in [0, 0.1) is 6.92 Å². The molecule has 0 spiro atoms. The highest BCUT2D eigenvalue weighted by molar-refractivity contribution is 5.76. The number of aldehydes is 1. The summed E-state index contributed by atoms with van der Waals surface area (Å²) in [6.45, 7) is 2.07. The molecule has 0 aliphatic carbocycles. The van der Waals surface area contributed by atoms with Crippen LogP contribution in [0.15, 0.2) is 28.8 Å². The maximum absolute atomic E-state index is 10.7. The Hall–Kier alpha value is -2.30. The number of rotatable bonds is 5. The second-order valence-corrected chi connectivity index (χ2v) is 3.75. The Bertz CT molecular complexity index is 548. The molecule has 0 atom stereocenters. The van der Waals surface area contributed by atoms with Gasteiger partial charge in [-0.15, -0.1) is 0 Å². The first kappa shape index (κ1) is 12.2. The number of hydrogen-bond acceptors (Lipinski definition) is 5. The van der Waals surface area contributed by atoms with Crippen molar-refractivity contribution >= 4 is 6.29 Å². The monoisotopic (exact) mass is 247 g/mol. The average Bonchev–Trinajstić information content (AvgIpc) is 2.81. The van der Waals surface area contributed by atoms with E-state index in [0.717, 1.165) is 12.0 Å². The molecule has 0 aliphatic rings. The molecule has 0 radical (unpaired) electrons. The summed E-state index contributed by atoms with van der Waals surface area (Å²) in [7, 11) is 1.54. The number of aryl methyl sites for hydroxylation is 1. The van der Waals surface area contributed by atoms with Gasteiger partial charge >= 0.3 is 0 Å². The number of benzene rings is 1. The SMILES string of the molecule is COc1ccc(C=O)cc1OCc1cc(C)no1. The van der Waals surface area contributed by atoms with Gasteiger partial charge in [-0.25, -0.2) is 0 Å². The first-order valence-electron chi connectivity index (χ1n) is 5.41. The average molecular weight is 247 g/mol. The molecule has 0 saturated carbocycles. The van der Waals surface area contributed by atoms with Crippen molar-refractivity contribution < 1.29 is 18.8 Å². The van der Waals surface area contributed by atoms with Crippen molar-refractivity contribution in [2.45, 2.75) is 13.5 Å².